The van der Waals surface area contributed by atoms with Crippen molar-refractivity contribution in [1.29, 1.82) is 0 Å². The van der Waals surface area contributed by atoms with Gasteiger partial charge in [0.2, 0.25) is 5.91 Å². The van der Waals surface area contributed by atoms with E-state index in [0.29, 0.717) is 61.0 Å². The summed E-state index contributed by atoms with van der Waals surface area (Å²) in [4.78, 5) is 62.1. The summed E-state index contributed by atoms with van der Waals surface area (Å²) in [5.74, 6) is -0.541. The number of rotatable bonds is 10. The first-order valence-corrected chi connectivity index (χ1v) is 20.7. The average Bonchev–Trinajstić information content (AvgIpc) is 4.02. The van der Waals surface area contributed by atoms with Gasteiger partial charge in [-0.2, -0.15) is 0 Å². The minimum atomic E-state index is -1.53. The van der Waals surface area contributed by atoms with Crippen molar-refractivity contribution >= 4 is 41.1 Å². The average molecular weight is 815 g/mol. The lowest BCUT2D eigenvalue weighted by atomic mass is 9.63. The van der Waals surface area contributed by atoms with Crippen molar-refractivity contribution in [3.63, 3.8) is 0 Å². The Bertz CT molecular complexity index is 2330. The van der Waals surface area contributed by atoms with Crippen LogP contribution in [0.4, 0.5) is 26.7 Å². The molecule has 5 heterocycles. The molecule has 0 saturated carbocycles. The SMILES string of the molecule is COc1ccc(C(C)(C)[C@@H]2[C@@H](CC(=O)N3Cc4ccccc4C[C@H]3CO)O[C@]3(C(=O)N(Cc4ccc(N5CCOC5=O)cc4)c4ccc(N5CCOC5=O)cc43)[C@H]2C)cc1. The van der Waals surface area contributed by atoms with Crippen LogP contribution in [0.15, 0.2) is 91.0 Å². The Balaban J connectivity index is 1.12. The van der Waals surface area contributed by atoms with Crippen LogP contribution < -0.4 is 19.4 Å². The molecular weight excluding hydrogens is 765 g/mol. The Morgan fingerprint density at radius 3 is 2.15 bits per heavy atom. The van der Waals surface area contributed by atoms with Crippen LogP contribution in [0, 0.1) is 11.8 Å². The number of nitrogens with zero attached hydrogens (tertiary/aromatic N) is 4. The predicted molar refractivity (Wildman–Crippen MR) is 223 cm³/mol. The van der Waals surface area contributed by atoms with E-state index in [1.165, 1.54) is 0 Å². The van der Waals surface area contributed by atoms with Crippen molar-refractivity contribution in [3.8, 4) is 5.75 Å². The summed E-state index contributed by atoms with van der Waals surface area (Å²) in [6.07, 6.45) is -1.06. The summed E-state index contributed by atoms with van der Waals surface area (Å²) >= 11 is 0. The van der Waals surface area contributed by atoms with Gasteiger partial charge in [0, 0.05) is 35.3 Å². The standard InChI is InChI=1S/C47H50N4O9/c1-29-42(46(2,3)33-11-16-37(57-4)17-12-33)40(25-41(53)50-27-32-8-6-5-7-31(32)23-36(50)28-52)60-47(29)38-24-35(49-20-22-59-45(49)56)15-18-39(38)51(43(47)54)26-30-9-13-34(14-10-30)48-19-21-58-44(48)55/h5-18,24,29,36,40,42,52H,19-23,25-28H2,1-4H3/t29-,36-,40+,42-,47+/m0/s1. The van der Waals surface area contributed by atoms with Gasteiger partial charge in [-0.3, -0.25) is 19.4 Å². The molecule has 0 bridgehead atoms. The molecule has 5 aliphatic heterocycles. The number of amides is 4. The highest BCUT2D eigenvalue weighted by molar-refractivity contribution is 6.08. The third-order valence-corrected chi connectivity index (χ3v) is 13.5. The number of carbonyl (C=O) groups is 4. The third-order valence-electron chi connectivity index (χ3n) is 13.5. The first kappa shape index (κ1) is 39.5. The highest BCUT2D eigenvalue weighted by atomic mass is 16.6. The molecule has 0 aliphatic carbocycles. The molecular formula is C47H50N4O9. The summed E-state index contributed by atoms with van der Waals surface area (Å²) in [5, 5.41) is 10.5. The van der Waals surface area contributed by atoms with Gasteiger partial charge in [-0.05, 0) is 76.6 Å². The van der Waals surface area contributed by atoms with Crippen LogP contribution in [-0.4, -0.2) is 86.2 Å². The third kappa shape index (κ3) is 6.46. The van der Waals surface area contributed by atoms with Gasteiger partial charge >= 0.3 is 12.2 Å². The van der Waals surface area contributed by atoms with Crippen LogP contribution in [0.3, 0.4) is 0 Å². The Labute approximate surface area is 349 Å². The van der Waals surface area contributed by atoms with Crippen LogP contribution in [-0.2, 0) is 54.3 Å². The molecule has 1 N–H and O–H groups in total. The number of cyclic esters (lactones) is 2. The Kier molecular flexibility index (Phi) is 10.1. The van der Waals surface area contributed by atoms with E-state index >= 15 is 4.79 Å². The number of aliphatic hydroxyl groups is 1. The Morgan fingerprint density at radius 1 is 0.867 bits per heavy atom. The Morgan fingerprint density at radius 2 is 1.52 bits per heavy atom. The molecule has 4 aromatic carbocycles. The molecule has 4 amide bonds. The molecule has 13 nitrogen and oxygen atoms in total. The summed E-state index contributed by atoms with van der Waals surface area (Å²) in [7, 11) is 1.62. The van der Waals surface area contributed by atoms with E-state index in [9.17, 15) is 19.5 Å². The zero-order chi connectivity index (χ0) is 41.9. The number of carbonyl (C=O) groups excluding carboxylic acids is 4. The number of benzene rings is 4. The minimum Gasteiger partial charge on any atom is -0.497 e. The molecule has 60 heavy (non-hydrogen) atoms. The smallest absolute Gasteiger partial charge is 0.414 e. The maximum Gasteiger partial charge on any atom is 0.414 e. The van der Waals surface area contributed by atoms with E-state index in [4.69, 9.17) is 18.9 Å². The summed E-state index contributed by atoms with van der Waals surface area (Å²) in [6, 6.07) is 28.6. The molecule has 9 rings (SSSR count). The van der Waals surface area contributed by atoms with Gasteiger partial charge in [-0.15, -0.1) is 0 Å². The number of hydrogen-bond donors (Lipinski definition) is 1. The topological polar surface area (TPSA) is 138 Å². The van der Waals surface area contributed by atoms with Gasteiger partial charge in [0.25, 0.3) is 5.91 Å². The summed E-state index contributed by atoms with van der Waals surface area (Å²) in [6.45, 7) is 8.11. The molecule has 0 unspecified atom stereocenters. The zero-order valence-corrected chi connectivity index (χ0v) is 34.3. The lowest BCUT2D eigenvalue weighted by molar-refractivity contribution is -0.151. The Hall–Kier alpha value is -5.92. The molecule has 0 radical (unpaired) electrons. The predicted octanol–water partition coefficient (Wildman–Crippen LogP) is 6.32. The van der Waals surface area contributed by atoms with Crippen molar-refractivity contribution in [2.24, 2.45) is 11.8 Å². The number of methoxy groups -OCH3 is 1. The first-order valence-electron chi connectivity index (χ1n) is 20.7. The molecule has 312 valence electrons. The van der Waals surface area contributed by atoms with E-state index in [-0.39, 0.29) is 43.9 Å². The van der Waals surface area contributed by atoms with Crippen molar-refractivity contribution in [1.82, 2.24) is 4.90 Å². The van der Waals surface area contributed by atoms with E-state index < -0.39 is 41.3 Å². The number of hydrogen-bond acceptors (Lipinski definition) is 9. The van der Waals surface area contributed by atoms with Gasteiger partial charge in [0.15, 0.2) is 5.60 Å². The van der Waals surface area contributed by atoms with E-state index in [2.05, 4.69) is 13.8 Å². The van der Waals surface area contributed by atoms with E-state index in [1.807, 2.05) is 97.9 Å². The normalized spacial score (nSPS) is 24.9. The molecule has 5 atom stereocenters. The first-order chi connectivity index (χ1) is 28.9. The second-order valence-corrected chi connectivity index (χ2v) is 17.0. The van der Waals surface area contributed by atoms with Crippen LogP contribution in [0.25, 0.3) is 0 Å². The minimum absolute atomic E-state index is 0.0177. The fraction of sp³-hybridized carbons (Fsp3) is 0.404. The van der Waals surface area contributed by atoms with Crippen LogP contribution in [0.2, 0.25) is 0 Å². The van der Waals surface area contributed by atoms with E-state index in [0.717, 1.165) is 22.3 Å². The fourth-order valence-electron chi connectivity index (χ4n) is 10.4. The molecule has 13 heteroatoms. The molecule has 3 saturated heterocycles. The monoisotopic (exact) mass is 814 g/mol. The molecule has 1 spiro atoms. The van der Waals surface area contributed by atoms with Gasteiger partial charge in [-0.1, -0.05) is 69.3 Å². The van der Waals surface area contributed by atoms with Crippen molar-refractivity contribution in [2.75, 3.05) is 54.7 Å². The highest BCUT2D eigenvalue weighted by Crippen LogP contribution is 2.60. The maximum atomic E-state index is 15.6. The zero-order valence-electron chi connectivity index (χ0n) is 34.3. The summed E-state index contributed by atoms with van der Waals surface area (Å²) < 4.78 is 23.3. The second kappa shape index (κ2) is 15.3. The van der Waals surface area contributed by atoms with Crippen LogP contribution in [0.1, 0.15) is 55.0 Å². The number of ether oxygens (including phenoxy) is 4. The maximum absolute atomic E-state index is 15.6. The van der Waals surface area contributed by atoms with E-state index in [1.54, 1.807) is 26.7 Å². The molecule has 4 aromatic rings. The summed E-state index contributed by atoms with van der Waals surface area (Å²) in [5.41, 5.74) is 4.40. The number of aliphatic hydroxyl groups excluding tert-OH is 1. The van der Waals surface area contributed by atoms with Gasteiger partial charge in [0.05, 0.1) is 57.6 Å². The van der Waals surface area contributed by atoms with Gasteiger partial charge in [-0.25, -0.2) is 9.59 Å². The van der Waals surface area contributed by atoms with Crippen LogP contribution in [0.5, 0.6) is 5.75 Å². The molecule has 3 fully saturated rings. The lowest BCUT2D eigenvalue weighted by Gasteiger charge is -2.40. The van der Waals surface area contributed by atoms with Crippen molar-refractivity contribution < 1.29 is 43.2 Å². The van der Waals surface area contributed by atoms with Crippen LogP contribution >= 0.6 is 0 Å². The highest BCUT2D eigenvalue weighted by Gasteiger charge is 2.66. The number of anilines is 3. The second-order valence-electron chi connectivity index (χ2n) is 17.0. The van der Waals surface area contributed by atoms with Gasteiger partial charge in [0.1, 0.15) is 19.0 Å². The lowest BCUT2D eigenvalue weighted by Crippen LogP contribution is -2.48. The quantitative estimate of drug-likeness (QED) is 0.195. The fourth-order valence-corrected chi connectivity index (χ4v) is 10.4. The number of fused-ring (bicyclic) bond motifs is 3. The van der Waals surface area contributed by atoms with Crippen molar-refractivity contribution in [2.45, 2.75) is 69.9 Å². The van der Waals surface area contributed by atoms with Gasteiger partial charge < -0.3 is 33.9 Å². The molecule has 0 aromatic heterocycles. The largest absolute Gasteiger partial charge is 0.497 e. The van der Waals surface area contributed by atoms with Crippen molar-refractivity contribution in [3.05, 3.63) is 119 Å². The molecule has 5 aliphatic rings.